The summed E-state index contributed by atoms with van der Waals surface area (Å²) in [6.45, 7) is 1.74. The Morgan fingerprint density at radius 3 is 2.79 bits per heavy atom. The maximum atomic E-state index is 12.2. The Bertz CT molecular complexity index is 749. The van der Waals surface area contributed by atoms with Crippen molar-refractivity contribution in [2.45, 2.75) is 44.6 Å². The molecule has 126 valence electrons. The number of nitrogens with one attached hydrogen (secondary N) is 1. The zero-order chi connectivity index (χ0) is 17.1. The van der Waals surface area contributed by atoms with Crippen LogP contribution in [0.15, 0.2) is 40.8 Å². The van der Waals surface area contributed by atoms with E-state index in [1.54, 1.807) is 19.1 Å². The fraction of sp³-hybridized carbons (Fsp3) is 0.368. The zero-order valence-electron chi connectivity index (χ0n) is 13.6. The molecule has 0 aliphatic heterocycles. The minimum absolute atomic E-state index is 0.141. The van der Waals surface area contributed by atoms with Crippen LogP contribution in [-0.2, 0) is 11.2 Å². The van der Waals surface area contributed by atoms with Gasteiger partial charge in [0, 0.05) is 0 Å². The highest BCUT2D eigenvalue weighted by molar-refractivity contribution is 5.94. The smallest absolute Gasteiger partial charge is 0.326 e. The molecule has 5 heteroatoms. The number of carbonyl (C=O) groups excluding carboxylic acids is 1. The van der Waals surface area contributed by atoms with Crippen LogP contribution in [-0.4, -0.2) is 23.0 Å². The number of furan rings is 1. The quantitative estimate of drug-likeness (QED) is 0.883. The van der Waals surface area contributed by atoms with Gasteiger partial charge < -0.3 is 14.8 Å². The van der Waals surface area contributed by atoms with Gasteiger partial charge in [0.25, 0.3) is 5.91 Å². The maximum Gasteiger partial charge on any atom is 0.326 e. The Kier molecular flexibility index (Phi) is 4.69. The summed E-state index contributed by atoms with van der Waals surface area (Å²) in [5.74, 6) is -0.597. The molecule has 1 aliphatic carbocycles. The van der Waals surface area contributed by atoms with Crippen LogP contribution in [0.3, 0.4) is 0 Å². The van der Waals surface area contributed by atoms with Gasteiger partial charge in [-0.1, -0.05) is 24.3 Å². The van der Waals surface area contributed by atoms with E-state index in [2.05, 4.69) is 17.4 Å². The van der Waals surface area contributed by atoms with Gasteiger partial charge in [0.05, 0.1) is 0 Å². The molecule has 1 aromatic carbocycles. The minimum atomic E-state index is -1.02. The molecule has 0 fully saturated rings. The number of amides is 1. The molecule has 1 heterocycles. The van der Waals surface area contributed by atoms with E-state index in [1.807, 2.05) is 12.1 Å². The van der Waals surface area contributed by atoms with Gasteiger partial charge in [-0.3, -0.25) is 4.79 Å². The monoisotopic (exact) mass is 327 g/mol. The molecule has 1 aromatic heterocycles. The number of hydrogen-bond donors (Lipinski definition) is 2. The Morgan fingerprint density at radius 1 is 1.29 bits per heavy atom. The highest BCUT2D eigenvalue weighted by Crippen LogP contribution is 2.34. The lowest BCUT2D eigenvalue weighted by Crippen LogP contribution is -2.42. The van der Waals surface area contributed by atoms with Gasteiger partial charge >= 0.3 is 5.97 Å². The summed E-state index contributed by atoms with van der Waals surface area (Å²) in [4.78, 5) is 23.8. The second-order valence-electron chi connectivity index (χ2n) is 6.30. The van der Waals surface area contributed by atoms with Gasteiger partial charge in [0.1, 0.15) is 11.8 Å². The number of aliphatic carboxylic acids is 1. The van der Waals surface area contributed by atoms with Crippen LogP contribution in [0.25, 0.3) is 0 Å². The molecule has 3 rings (SSSR count). The van der Waals surface area contributed by atoms with Crippen LogP contribution in [0, 0.1) is 6.92 Å². The zero-order valence-corrected chi connectivity index (χ0v) is 13.6. The fourth-order valence-electron chi connectivity index (χ4n) is 3.39. The largest absolute Gasteiger partial charge is 0.480 e. The number of fused-ring (bicyclic) bond motifs is 1. The van der Waals surface area contributed by atoms with Crippen LogP contribution in [0.4, 0.5) is 0 Å². The number of aryl methyl sites for hydroxylation is 2. The molecule has 2 unspecified atom stereocenters. The first-order valence-corrected chi connectivity index (χ1v) is 8.22. The summed E-state index contributed by atoms with van der Waals surface area (Å²) in [6, 6.07) is 10.5. The number of hydrogen-bond acceptors (Lipinski definition) is 3. The Labute approximate surface area is 140 Å². The number of carboxylic acid groups (broad SMARTS) is 1. The fourth-order valence-corrected chi connectivity index (χ4v) is 3.39. The molecule has 1 aliphatic rings. The minimum Gasteiger partial charge on any atom is -0.480 e. The van der Waals surface area contributed by atoms with Crippen molar-refractivity contribution in [3.8, 4) is 0 Å². The van der Waals surface area contributed by atoms with Gasteiger partial charge in [-0.05, 0) is 61.8 Å². The number of benzene rings is 1. The first kappa shape index (κ1) is 16.3. The van der Waals surface area contributed by atoms with Crippen molar-refractivity contribution in [1.29, 1.82) is 0 Å². The van der Waals surface area contributed by atoms with Gasteiger partial charge in [0.15, 0.2) is 5.76 Å². The van der Waals surface area contributed by atoms with Gasteiger partial charge in [-0.25, -0.2) is 4.79 Å². The van der Waals surface area contributed by atoms with Gasteiger partial charge in [-0.2, -0.15) is 0 Å². The molecule has 2 N–H and O–H groups in total. The van der Waals surface area contributed by atoms with Crippen molar-refractivity contribution in [3.63, 3.8) is 0 Å². The van der Waals surface area contributed by atoms with E-state index in [0.29, 0.717) is 12.2 Å². The van der Waals surface area contributed by atoms with Crippen LogP contribution in [0.1, 0.15) is 52.6 Å². The third-order valence-electron chi connectivity index (χ3n) is 4.58. The third-order valence-corrected chi connectivity index (χ3v) is 4.58. The van der Waals surface area contributed by atoms with E-state index in [-0.39, 0.29) is 11.7 Å². The lowest BCUT2D eigenvalue weighted by atomic mass is 9.79. The lowest BCUT2D eigenvalue weighted by molar-refractivity contribution is -0.139. The Balaban J connectivity index is 1.73. The normalized spacial score (nSPS) is 17.8. The van der Waals surface area contributed by atoms with Crippen LogP contribution in [0.5, 0.6) is 0 Å². The number of rotatable bonds is 5. The third kappa shape index (κ3) is 3.50. The SMILES string of the molecule is Cc1ccc(C(=O)NC(CC2CCCc3ccccc32)C(=O)O)o1. The standard InChI is InChI=1S/C19H21NO4/c1-12-9-10-17(24-12)18(21)20-16(19(22)23)11-14-7-4-6-13-5-2-3-8-15(13)14/h2-3,5,8-10,14,16H,4,6-7,11H2,1H3,(H,20,21)(H,22,23). The second kappa shape index (κ2) is 6.91. The van der Waals surface area contributed by atoms with Crippen molar-refractivity contribution in [1.82, 2.24) is 5.32 Å². The van der Waals surface area contributed by atoms with Crippen LogP contribution in [0.2, 0.25) is 0 Å². The second-order valence-corrected chi connectivity index (χ2v) is 6.30. The molecular weight excluding hydrogens is 306 g/mol. The summed E-state index contributed by atoms with van der Waals surface area (Å²) >= 11 is 0. The van der Waals surface area contributed by atoms with E-state index in [1.165, 1.54) is 11.1 Å². The Hall–Kier alpha value is -2.56. The lowest BCUT2D eigenvalue weighted by Gasteiger charge is -2.27. The number of carboxylic acids is 1. The average Bonchev–Trinajstić information content (AvgIpc) is 3.01. The van der Waals surface area contributed by atoms with Crippen molar-refractivity contribution < 1.29 is 19.1 Å². The first-order valence-electron chi connectivity index (χ1n) is 8.22. The molecule has 5 nitrogen and oxygen atoms in total. The van der Waals surface area contributed by atoms with E-state index in [0.717, 1.165) is 19.3 Å². The molecule has 1 amide bonds. The van der Waals surface area contributed by atoms with Crippen LogP contribution >= 0.6 is 0 Å². The molecular formula is C19H21NO4. The summed E-state index contributed by atoms with van der Waals surface area (Å²) < 4.78 is 5.27. The van der Waals surface area contributed by atoms with E-state index in [4.69, 9.17) is 4.42 Å². The van der Waals surface area contributed by atoms with Crippen molar-refractivity contribution >= 4 is 11.9 Å². The van der Waals surface area contributed by atoms with E-state index < -0.39 is 17.9 Å². The van der Waals surface area contributed by atoms with Crippen LogP contribution < -0.4 is 5.32 Å². The molecule has 0 radical (unpaired) electrons. The summed E-state index contributed by atoms with van der Waals surface area (Å²) in [5, 5.41) is 12.1. The van der Waals surface area contributed by atoms with Crippen molar-refractivity contribution in [3.05, 3.63) is 59.0 Å². The number of carbonyl (C=O) groups is 2. The molecule has 0 saturated carbocycles. The topological polar surface area (TPSA) is 79.5 Å². The highest BCUT2D eigenvalue weighted by Gasteiger charge is 2.28. The van der Waals surface area contributed by atoms with E-state index in [9.17, 15) is 14.7 Å². The van der Waals surface area contributed by atoms with Gasteiger partial charge in [-0.15, -0.1) is 0 Å². The molecule has 24 heavy (non-hydrogen) atoms. The predicted octanol–water partition coefficient (Wildman–Crippen LogP) is 3.28. The average molecular weight is 327 g/mol. The molecule has 2 atom stereocenters. The molecule has 2 aromatic rings. The van der Waals surface area contributed by atoms with E-state index >= 15 is 0 Å². The maximum absolute atomic E-state index is 12.2. The molecule has 0 spiro atoms. The predicted molar refractivity (Wildman–Crippen MR) is 89.1 cm³/mol. The summed E-state index contributed by atoms with van der Waals surface area (Å²) in [6.07, 6.45) is 3.40. The van der Waals surface area contributed by atoms with Crippen molar-refractivity contribution in [2.24, 2.45) is 0 Å². The molecule has 0 saturated heterocycles. The van der Waals surface area contributed by atoms with Crippen molar-refractivity contribution in [2.75, 3.05) is 0 Å². The summed E-state index contributed by atoms with van der Waals surface area (Å²) in [7, 11) is 0. The first-order chi connectivity index (χ1) is 11.5. The highest BCUT2D eigenvalue weighted by atomic mass is 16.4. The Morgan fingerprint density at radius 2 is 2.08 bits per heavy atom. The molecule has 0 bridgehead atoms. The summed E-state index contributed by atoms with van der Waals surface area (Å²) in [5.41, 5.74) is 2.49. The van der Waals surface area contributed by atoms with Gasteiger partial charge in [0.2, 0.25) is 0 Å².